The van der Waals surface area contributed by atoms with Gasteiger partial charge in [0.05, 0.1) is 6.61 Å². The highest BCUT2D eigenvalue weighted by Gasteiger charge is 2.12. The highest BCUT2D eigenvalue weighted by Crippen LogP contribution is 2.19. The van der Waals surface area contributed by atoms with Crippen LogP contribution in [-0.2, 0) is 19.1 Å². The van der Waals surface area contributed by atoms with Crippen molar-refractivity contribution >= 4 is 23.5 Å². The standard InChI is InChI=1S/C14H13ClO4/c1-3-18-14(17)9-8-13(19-10(2)16)11-4-6-12(15)7-5-11/h4-7,13H,3H2,1-2H3. The topological polar surface area (TPSA) is 52.6 Å². The fourth-order valence-electron chi connectivity index (χ4n) is 1.28. The van der Waals surface area contributed by atoms with E-state index in [4.69, 9.17) is 16.3 Å². The van der Waals surface area contributed by atoms with Gasteiger partial charge in [-0.1, -0.05) is 23.7 Å². The van der Waals surface area contributed by atoms with E-state index in [-0.39, 0.29) is 6.61 Å². The number of carbonyl (C=O) groups excluding carboxylic acids is 2. The maximum atomic E-state index is 11.2. The highest BCUT2D eigenvalue weighted by molar-refractivity contribution is 6.30. The molecule has 0 heterocycles. The highest BCUT2D eigenvalue weighted by atomic mass is 35.5. The van der Waals surface area contributed by atoms with Crippen LogP contribution in [0.1, 0.15) is 25.5 Å². The monoisotopic (exact) mass is 280 g/mol. The summed E-state index contributed by atoms with van der Waals surface area (Å²) in [4.78, 5) is 22.2. The van der Waals surface area contributed by atoms with E-state index in [1.807, 2.05) is 0 Å². The molecule has 5 heteroatoms. The molecule has 1 aromatic rings. The second kappa shape index (κ2) is 7.45. The van der Waals surface area contributed by atoms with E-state index < -0.39 is 18.0 Å². The number of rotatable bonds is 3. The number of hydrogen-bond acceptors (Lipinski definition) is 4. The van der Waals surface area contributed by atoms with Gasteiger partial charge in [0.1, 0.15) is 0 Å². The molecule has 0 saturated carbocycles. The van der Waals surface area contributed by atoms with Crippen LogP contribution in [0.4, 0.5) is 0 Å². The lowest BCUT2D eigenvalue weighted by molar-refractivity contribution is -0.144. The van der Waals surface area contributed by atoms with Crippen LogP contribution < -0.4 is 0 Å². The van der Waals surface area contributed by atoms with Gasteiger partial charge in [0.25, 0.3) is 0 Å². The van der Waals surface area contributed by atoms with Gasteiger partial charge in [-0.05, 0) is 25.0 Å². The molecule has 19 heavy (non-hydrogen) atoms. The number of halogens is 1. The summed E-state index contributed by atoms with van der Waals surface area (Å²) in [5.74, 6) is 3.69. The van der Waals surface area contributed by atoms with Crippen LogP contribution in [-0.4, -0.2) is 18.5 Å². The third-order valence-electron chi connectivity index (χ3n) is 2.04. The molecule has 1 rings (SSSR count). The predicted octanol–water partition coefficient (Wildman–Crippen LogP) is 2.51. The summed E-state index contributed by atoms with van der Waals surface area (Å²) in [6.45, 7) is 3.20. The average molecular weight is 281 g/mol. The maximum Gasteiger partial charge on any atom is 0.384 e. The van der Waals surface area contributed by atoms with Crippen molar-refractivity contribution in [2.75, 3.05) is 6.61 Å². The Morgan fingerprint density at radius 1 is 1.32 bits per heavy atom. The maximum absolute atomic E-state index is 11.2. The first-order chi connectivity index (χ1) is 9.02. The van der Waals surface area contributed by atoms with Crippen LogP contribution in [0.15, 0.2) is 24.3 Å². The van der Waals surface area contributed by atoms with Gasteiger partial charge in [0.15, 0.2) is 6.10 Å². The Bertz CT molecular complexity index is 510. The number of esters is 2. The largest absolute Gasteiger partial charge is 0.456 e. The van der Waals surface area contributed by atoms with Gasteiger partial charge in [-0.2, -0.15) is 0 Å². The summed E-state index contributed by atoms with van der Waals surface area (Å²) >= 11 is 5.77. The van der Waals surface area contributed by atoms with Crippen molar-refractivity contribution in [3.05, 3.63) is 34.9 Å². The van der Waals surface area contributed by atoms with Crippen molar-refractivity contribution in [1.82, 2.24) is 0 Å². The summed E-state index contributed by atoms with van der Waals surface area (Å²) in [6, 6.07) is 6.66. The molecule has 0 aromatic heterocycles. The first-order valence-corrected chi connectivity index (χ1v) is 6.01. The molecule has 0 radical (unpaired) electrons. The second-order valence-electron chi connectivity index (χ2n) is 3.53. The smallest absolute Gasteiger partial charge is 0.384 e. The molecule has 0 fully saturated rings. The van der Waals surface area contributed by atoms with Crippen molar-refractivity contribution < 1.29 is 19.1 Å². The van der Waals surface area contributed by atoms with Gasteiger partial charge < -0.3 is 9.47 Å². The molecule has 4 nitrogen and oxygen atoms in total. The lowest BCUT2D eigenvalue weighted by atomic mass is 10.1. The summed E-state index contributed by atoms with van der Waals surface area (Å²) in [5.41, 5.74) is 0.636. The van der Waals surface area contributed by atoms with Gasteiger partial charge >= 0.3 is 11.9 Å². The SMILES string of the molecule is CCOC(=O)C#CC(OC(C)=O)c1ccc(Cl)cc1. The molecule has 0 aliphatic rings. The molecule has 1 aromatic carbocycles. The molecule has 0 N–H and O–H groups in total. The zero-order valence-electron chi connectivity index (χ0n) is 10.6. The Labute approximate surface area is 116 Å². The van der Waals surface area contributed by atoms with Crippen LogP contribution in [0.2, 0.25) is 5.02 Å². The molecule has 0 bridgehead atoms. The van der Waals surface area contributed by atoms with Crippen LogP contribution in [0.5, 0.6) is 0 Å². The molecular weight excluding hydrogens is 268 g/mol. The number of ether oxygens (including phenoxy) is 2. The van der Waals surface area contributed by atoms with Gasteiger partial charge in [-0.3, -0.25) is 4.79 Å². The number of carbonyl (C=O) groups is 2. The lowest BCUT2D eigenvalue weighted by Crippen LogP contribution is -2.08. The molecule has 0 saturated heterocycles. The predicted molar refractivity (Wildman–Crippen MR) is 70.4 cm³/mol. The first kappa shape index (κ1) is 15.1. The average Bonchev–Trinajstić information content (AvgIpc) is 2.35. The Balaban J connectivity index is 2.91. The first-order valence-electron chi connectivity index (χ1n) is 5.64. The zero-order valence-corrected chi connectivity index (χ0v) is 11.4. The molecule has 0 spiro atoms. The van der Waals surface area contributed by atoms with E-state index in [0.717, 1.165) is 0 Å². The van der Waals surface area contributed by atoms with E-state index in [2.05, 4.69) is 16.6 Å². The molecule has 0 aliphatic carbocycles. The van der Waals surface area contributed by atoms with E-state index in [0.29, 0.717) is 10.6 Å². The summed E-state index contributed by atoms with van der Waals surface area (Å²) in [7, 11) is 0. The minimum absolute atomic E-state index is 0.243. The molecule has 1 unspecified atom stereocenters. The van der Waals surface area contributed by atoms with Crippen molar-refractivity contribution in [1.29, 1.82) is 0 Å². The minimum Gasteiger partial charge on any atom is -0.456 e. The van der Waals surface area contributed by atoms with Gasteiger partial charge in [-0.15, -0.1) is 0 Å². The van der Waals surface area contributed by atoms with Crippen molar-refractivity contribution in [3.8, 4) is 11.8 Å². The summed E-state index contributed by atoms with van der Waals surface area (Å²) in [5, 5.41) is 0.559. The molecule has 1 atom stereocenters. The third-order valence-corrected chi connectivity index (χ3v) is 2.29. The van der Waals surface area contributed by atoms with Gasteiger partial charge in [0, 0.05) is 23.4 Å². The van der Waals surface area contributed by atoms with Crippen LogP contribution >= 0.6 is 11.6 Å². The van der Waals surface area contributed by atoms with Gasteiger partial charge in [0.2, 0.25) is 0 Å². The minimum atomic E-state index is -0.820. The van der Waals surface area contributed by atoms with E-state index >= 15 is 0 Å². The Kier molecular flexibility index (Phi) is 5.91. The van der Waals surface area contributed by atoms with Crippen LogP contribution in [0, 0.1) is 11.8 Å². The normalized spacial score (nSPS) is 10.9. The molecular formula is C14H13ClO4. The second-order valence-corrected chi connectivity index (χ2v) is 3.97. The number of benzene rings is 1. The Morgan fingerprint density at radius 2 is 1.95 bits per heavy atom. The van der Waals surface area contributed by atoms with E-state index in [9.17, 15) is 9.59 Å². The van der Waals surface area contributed by atoms with Gasteiger partial charge in [-0.25, -0.2) is 4.79 Å². The Hall–Kier alpha value is -1.99. The van der Waals surface area contributed by atoms with Crippen LogP contribution in [0.3, 0.4) is 0 Å². The quantitative estimate of drug-likeness (QED) is 0.485. The summed E-state index contributed by atoms with van der Waals surface area (Å²) in [6.07, 6.45) is -0.820. The fraction of sp³-hybridized carbons (Fsp3) is 0.286. The molecule has 0 amide bonds. The van der Waals surface area contributed by atoms with E-state index in [1.54, 1.807) is 31.2 Å². The van der Waals surface area contributed by atoms with E-state index in [1.165, 1.54) is 6.92 Å². The zero-order chi connectivity index (χ0) is 14.3. The third kappa shape index (κ3) is 5.45. The fourth-order valence-corrected chi connectivity index (χ4v) is 1.40. The summed E-state index contributed by atoms with van der Waals surface area (Å²) < 4.78 is 9.72. The van der Waals surface area contributed by atoms with Crippen molar-refractivity contribution in [2.45, 2.75) is 20.0 Å². The number of hydrogen-bond donors (Lipinski definition) is 0. The van der Waals surface area contributed by atoms with Crippen molar-refractivity contribution in [3.63, 3.8) is 0 Å². The lowest BCUT2D eigenvalue weighted by Gasteiger charge is -2.11. The van der Waals surface area contributed by atoms with Crippen LogP contribution in [0.25, 0.3) is 0 Å². The Morgan fingerprint density at radius 3 is 2.47 bits per heavy atom. The van der Waals surface area contributed by atoms with Crippen molar-refractivity contribution in [2.24, 2.45) is 0 Å². The molecule has 100 valence electrons. The molecule has 0 aliphatic heterocycles.